The van der Waals surface area contributed by atoms with Crippen LogP contribution in [0, 0.1) is 5.82 Å². The van der Waals surface area contributed by atoms with Crippen molar-refractivity contribution in [3.05, 3.63) is 52.4 Å². The highest BCUT2D eigenvalue weighted by molar-refractivity contribution is 6.33. The van der Waals surface area contributed by atoms with Gasteiger partial charge in [-0.2, -0.15) is 0 Å². The summed E-state index contributed by atoms with van der Waals surface area (Å²) in [7, 11) is 0. The van der Waals surface area contributed by atoms with Crippen LogP contribution in [0.5, 0.6) is 0 Å². The van der Waals surface area contributed by atoms with E-state index in [1.807, 2.05) is 0 Å². The highest BCUT2D eigenvalue weighted by Gasteiger charge is 2.06. The second-order valence-corrected chi connectivity index (χ2v) is 3.93. The Kier molecular flexibility index (Phi) is 3.27. The maximum Gasteiger partial charge on any atom is 0.167 e. The van der Waals surface area contributed by atoms with E-state index < -0.39 is 5.82 Å². The Labute approximate surface area is 102 Å². The first-order chi connectivity index (χ1) is 7.66. The summed E-state index contributed by atoms with van der Waals surface area (Å²) in [4.78, 5) is 3.84. The number of hydrogen-bond donors (Lipinski definition) is 1. The van der Waals surface area contributed by atoms with E-state index in [0.717, 1.165) is 0 Å². The van der Waals surface area contributed by atoms with Gasteiger partial charge in [0.15, 0.2) is 11.6 Å². The molecule has 0 saturated heterocycles. The van der Waals surface area contributed by atoms with Gasteiger partial charge in [-0.05, 0) is 18.2 Å². The van der Waals surface area contributed by atoms with Crippen LogP contribution < -0.4 is 5.32 Å². The first-order valence-corrected chi connectivity index (χ1v) is 5.25. The number of rotatable bonds is 2. The molecule has 0 unspecified atom stereocenters. The predicted molar refractivity (Wildman–Crippen MR) is 63.9 cm³/mol. The average molecular weight is 257 g/mol. The first-order valence-electron chi connectivity index (χ1n) is 4.49. The minimum Gasteiger partial charge on any atom is -0.337 e. The summed E-state index contributed by atoms with van der Waals surface area (Å²) >= 11 is 11.5. The Morgan fingerprint density at radius 1 is 1.19 bits per heavy atom. The van der Waals surface area contributed by atoms with Crippen LogP contribution in [0.2, 0.25) is 10.0 Å². The maximum atomic E-state index is 13.4. The third-order valence-electron chi connectivity index (χ3n) is 1.93. The molecule has 2 rings (SSSR count). The predicted octanol–water partition coefficient (Wildman–Crippen LogP) is 4.27. The van der Waals surface area contributed by atoms with Crippen molar-refractivity contribution in [1.29, 1.82) is 0 Å². The van der Waals surface area contributed by atoms with Gasteiger partial charge >= 0.3 is 0 Å². The van der Waals surface area contributed by atoms with Crippen LogP contribution in [-0.4, -0.2) is 4.98 Å². The van der Waals surface area contributed by atoms with Gasteiger partial charge in [-0.1, -0.05) is 35.3 Å². The summed E-state index contributed by atoms with van der Waals surface area (Å²) in [5.74, 6) is -0.426. The Morgan fingerprint density at radius 2 is 1.94 bits per heavy atom. The van der Waals surface area contributed by atoms with Gasteiger partial charge in [-0.25, -0.2) is 9.37 Å². The molecule has 82 valence electrons. The number of anilines is 2. The zero-order valence-electron chi connectivity index (χ0n) is 8.05. The van der Waals surface area contributed by atoms with Crippen LogP contribution in [0.3, 0.4) is 0 Å². The summed E-state index contributed by atoms with van der Waals surface area (Å²) in [6.45, 7) is 0. The van der Waals surface area contributed by atoms with Gasteiger partial charge in [0.2, 0.25) is 0 Å². The van der Waals surface area contributed by atoms with Crippen molar-refractivity contribution in [3.63, 3.8) is 0 Å². The molecular formula is C11H7Cl2FN2. The largest absolute Gasteiger partial charge is 0.337 e. The van der Waals surface area contributed by atoms with Crippen molar-refractivity contribution in [3.8, 4) is 0 Å². The second-order valence-electron chi connectivity index (χ2n) is 3.09. The van der Waals surface area contributed by atoms with Crippen molar-refractivity contribution in [2.75, 3.05) is 5.32 Å². The minimum atomic E-state index is -0.521. The minimum absolute atomic E-state index is 0.0949. The quantitative estimate of drug-likeness (QED) is 0.868. The fourth-order valence-electron chi connectivity index (χ4n) is 1.20. The second kappa shape index (κ2) is 4.68. The summed E-state index contributed by atoms with van der Waals surface area (Å²) in [6, 6.07) is 8.21. The van der Waals surface area contributed by atoms with Crippen LogP contribution in [-0.2, 0) is 0 Å². The molecule has 0 saturated carbocycles. The van der Waals surface area contributed by atoms with E-state index in [4.69, 9.17) is 23.2 Å². The zero-order chi connectivity index (χ0) is 11.5. The lowest BCUT2D eigenvalue weighted by Gasteiger charge is -2.07. The summed E-state index contributed by atoms with van der Waals surface area (Å²) in [5.41, 5.74) is 0.595. The molecule has 1 heterocycles. The smallest absolute Gasteiger partial charge is 0.167 e. The molecule has 16 heavy (non-hydrogen) atoms. The number of pyridine rings is 1. The number of nitrogens with one attached hydrogen (secondary N) is 1. The molecule has 0 bridgehead atoms. The maximum absolute atomic E-state index is 13.4. The fourth-order valence-corrected chi connectivity index (χ4v) is 1.52. The van der Waals surface area contributed by atoms with Gasteiger partial charge in [0.05, 0.1) is 15.7 Å². The summed E-state index contributed by atoms with van der Waals surface area (Å²) < 4.78 is 13.4. The molecule has 0 atom stereocenters. The summed E-state index contributed by atoms with van der Waals surface area (Å²) in [5, 5.41) is 3.54. The Morgan fingerprint density at radius 3 is 2.62 bits per heavy atom. The van der Waals surface area contributed by atoms with Gasteiger partial charge < -0.3 is 5.32 Å². The SMILES string of the molecule is Fc1cc(Cl)cnc1Nc1ccccc1Cl. The standard InChI is InChI=1S/C11H7Cl2FN2/c12-7-5-9(14)11(15-6-7)16-10-4-2-1-3-8(10)13/h1-6H,(H,15,16). The molecule has 0 radical (unpaired) electrons. The van der Waals surface area contributed by atoms with Crippen LogP contribution >= 0.6 is 23.2 Å². The highest BCUT2D eigenvalue weighted by Crippen LogP contribution is 2.25. The normalized spacial score (nSPS) is 10.2. The zero-order valence-corrected chi connectivity index (χ0v) is 9.56. The molecule has 0 aliphatic heterocycles. The molecule has 2 nitrogen and oxygen atoms in total. The topological polar surface area (TPSA) is 24.9 Å². The molecule has 5 heteroatoms. The number of para-hydroxylation sites is 1. The first kappa shape index (κ1) is 11.2. The molecule has 0 spiro atoms. The Balaban J connectivity index is 2.31. The molecule has 0 aliphatic rings. The van der Waals surface area contributed by atoms with E-state index in [-0.39, 0.29) is 10.8 Å². The van der Waals surface area contributed by atoms with E-state index in [0.29, 0.717) is 10.7 Å². The Bertz CT molecular complexity index is 517. The van der Waals surface area contributed by atoms with Crippen molar-refractivity contribution < 1.29 is 4.39 Å². The highest BCUT2D eigenvalue weighted by atomic mass is 35.5. The molecule has 1 aromatic carbocycles. The van der Waals surface area contributed by atoms with Crippen molar-refractivity contribution >= 4 is 34.7 Å². The van der Waals surface area contributed by atoms with Crippen molar-refractivity contribution in [2.45, 2.75) is 0 Å². The third-order valence-corrected chi connectivity index (χ3v) is 2.47. The number of hydrogen-bond acceptors (Lipinski definition) is 2. The van der Waals surface area contributed by atoms with E-state index in [2.05, 4.69) is 10.3 Å². The van der Waals surface area contributed by atoms with Gasteiger partial charge in [0, 0.05) is 6.20 Å². The number of benzene rings is 1. The van der Waals surface area contributed by atoms with Gasteiger partial charge in [0.1, 0.15) is 0 Å². The molecule has 1 N–H and O–H groups in total. The van der Waals surface area contributed by atoms with Crippen LogP contribution in [0.1, 0.15) is 0 Å². The molecular weight excluding hydrogens is 250 g/mol. The number of aromatic nitrogens is 1. The molecule has 0 aliphatic carbocycles. The monoisotopic (exact) mass is 256 g/mol. The van der Waals surface area contributed by atoms with E-state index in [9.17, 15) is 4.39 Å². The lowest BCUT2D eigenvalue weighted by atomic mass is 10.3. The van der Waals surface area contributed by atoms with E-state index in [1.165, 1.54) is 12.3 Å². The third kappa shape index (κ3) is 2.43. The van der Waals surface area contributed by atoms with Crippen LogP contribution in [0.25, 0.3) is 0 Å². The van der Waals surface area contributed by atoms with E-state index in [1.54, 1.807) is 24.3 Å². The number of halogens is 3. The average Bonchev–Trinajstić information content (AvgIpc) is 2.25. The van der Waals surface area contributed by atoms with E-state index >= 15 is 0 Å². The molecule has 2 aromatic rings. The van der Waals surface area contributed by atoms with Crippen molar-refractivity contribution in [1.82, 2.24) is 4.98 Å². The fraction of sp³-hybridized carbons (Fsp3) is 0. The van der Waals surface area contributed by atoms with Gasteiger partial charge in [-0.15, -0.1) is 0 Å². The Hall–Kier alpha value is -1.32. The molecule has 0 fully saturated rings. The van der Waals surface area contributed by atoms with Gasteiger partial charge in [-0.3, -0.25) is 0 Å². The molecule has 0 amide bonds. The van der Waals surface area contributed by atoms with Crippen LogP contribution in [0.4, 0.5) is 15.9 Å². The lowest BCUT2D eigenvalue weighted by molar-refractivity contribution is 0.626. The molecule has 1 aromatic heterocycles. The lowest BCUT2D eigenvalue weighted by Crippen LogP contribution is -1.97. The van der Waals surface area contributed by atoms with Crippen LogP contribution in [0.15, 0.2) is 36.5 Å². The summed E-state index contributed by atoms with van der Waals surface area (Å²) in [6.07, 6.45) is 1.36. The van der Waals surface area contributed by atoms with Gasteiger partial charge in [0.25, 0.3) is 0 Å². The van der Waals surface area contributed by atoms with Crippen molar-refractivity contribution in [2.24, 2.45) is 0 Å². The number of nitrogens with zero attached hydrogens (tertiary/aromatic N) is 1.